The molecule has 140 valence electrons. The zero-order valence-corrected chi connectivity index (χ0v) is 17.4. The fourth-order valence-electron chi connectivity index (χ4n) is 3.25. The zero-order valence-electron chi connectivity index (χ0n) is 14.2. The van der Waals surface area contributed by atoms with Crippen LogP contribution >= 0.6 is 39.0 Å². The molecule has 4 atom stereocenters. The molecule has 3 rings (SSSR count). The number of amides is 1. The number of ketones is 1. The Morgan fingerprint density at radius 3 is 2.81 bits per heavy atom. The number of ether oxygens (including phenoxy) is 1. The minimum absolute atomic E-state index is 0.0570. The van der Waals surface area contributed by atoms with Crippen LogP contribution in [0.3, 0.4) is 0 Å². The number of carbonyl (C=O) groups is 3. The van der Waals surface area contributed by atoms with E-state index in [0.717, 1.165) is 0 Å². The van der Waals surface area contributed by atoms with Crippen LogP contribution in [0.15, 0.2) is 29.5 Å². The average Bonchev–Trinajstić information content (AvgIpc) is 3.22. The van der Waals surface area contributed by atoms with E-state index < -0.39 is 44.3 Å². The maximum atomic E-state index is 12.9. The van der Waals surface area contributed by atoms with Crippen molar-refractivity contribution in [1.82, 2.24) is 4.90 Å². The number of hydrogen-bond donors (Lipinski definition) is 1. The summed E-state index contributed by atoms with van der Waals surface area (Å²) in [5.74, 6) is -1.53. The summed E-state index contributed by atoms with van der Waals surface area (Å²) in [6, 6.07) is 0.813. The molecule has 0 saturated carbocycles. The molecule has 3 heterocycles. The highest BCUT2D eigenvalue weighted by molar-refractivity contribution is 9.10. The van der Waals surface area contributed by atoms with Gasteiger partial charge in [-0.3, -0.25) is 9.59 Å². The van der Waals surface area contributed by atoms with E-state index in [0.29, 0.717) is 5.56 Å². The van der Waals surface area contributed by atoms with Gasteiger partial charge in [0.2, 0.25) is 5.91 Å². The molecule has 0 aliphatic carbocycles. The van der Waals surface area contributed by atoms with Crippen LogP contribution in [-0.2, 0) is 14.3 Å². The maximum Gasteiger partial charge on any atom is 0.330 e. The summed E-state index contributed by atoms with van der Waals surface area (Å²) >= 11 is 6.02. The Kier molecular flexibility index (Phi) is 5.11. The van der Waals surface area contributed by atoms with Gasteiger partial charge in [-0.1, -0.05) is 28.6 Å². The lowest BCUT2D eigenvalue weighted by Gasteiger charge is -2.51. The Balaban J connectivity index is 1.86. The number of β-lactam (4-membered cyclic amide) rings is 1. The standard InChI is InChI=1S/C17H18BrNO5S2/c1-4-6-24-13(22)11-16(2,3)26-15-17(18,14(23)19(11)15)12(21)10(20)9-5-7-25-8-9/h4-5,7-8,11-12,15,21H,1,6H2,2-3H3/t11-,12+,15+,17-/m0/s1. The predicted octanol–water partition coefficient (Wildman–Crippen LogP) is 2.22. The first kappa shape index (κ1) is 19.6. The van der Waals surface area contributed by atoms with Crippen LogP contribution in [0.25, 0.3) is 0 Å². The molecule has 0 unspecified atom stereocenters. The van der Waals surface area contributed by atoms with Gasteiger partial charge in [0.05, 0.1) is 0 Å². The lowest BCUT2D eigenvalue weighted by Crippen LogP contribution is -2.75. The fourth-order valence-corrected chi connectivity index (χ4v) is 6.46. The van der Waals surface area contributed by atoms with Gasteiger partial charge in [-0.05, 0) is 25.3 Å². The summed E-state index contributed by atoms with van der Waals surface area (Å²) in [4.78, 5) is 39.3. The summed E-state index contributed by atoms with van der Waals surface area (Å²) in [7, 11) is 0. The lowest BCUT2D eigenvalue weighted by molar-refractivity contribution is -0.166. The van der Waals surface area contributed by atoms with Gasteiger partial charge in [0.15, 0.2) is 10.1 Å². The smallest absolute Gasteiger partial charge is 0.330 e. The Bertz CT molecular complexity index is 765. The molecule has 1 aromatic heterocycles. The third kappa shape index (κ3) is 2.76. The number of halogens is 1. The predicted molar refractivity (Wildman–Crippen MR) is 104 cm³/mol. The zero-order chi connectivity index (χ0) is 19.3. The number of nitrogens with zero attached hydrogens (tertiary/aromatic N) is 1. The molecule has 6 nitrogen and oxygen atoms in total. The van der Waals surface area contributed by atoms with Gasteiger partial charge >= 0.3 is 5.97 Å². The molecule has 2 aliphatic heterocycles. The highest BCUT2D eigenvalue weighted by Gasteiger charge is 2.74. The Morgan fingerprint density at radius 2 is 2.23 bits per heavy atom. The minimum atomic E-state index is -1.54. The Hall–Kier alpha value is -1.16. The summed E-state index contributed by atoms with van der Waals surface area (Å²) < 4.78 is 3.06. The van der Waals surface area contributed by atoms with E-state index in [9.17, 15) is 19.5 Å². The first-order valence-electron chi connectivity index (χ1n) is 7.87. The number of hydrogen-bond acceptors (Lipinski definition) is 7. The molecule has 1 aromatic rings. The van der Waals surface area contributed by atoms with Crippen LogP contribution in [0.5, 0.6) is 0 Å². The third-order valence-electron chi connectivity index (χ3n) is 4.55. The Labute approximate surface area is 167 Å². The van der Waals surface area contributed by atoms with E-state index in [2.05, 4.69) is 22.5 Å². The molecule has 2 fully saturated rings. The second kappa shape index (κ2) is 6.78. The number of aliphatic hydroxyl groups excluding tert-OH is 1. The molecule has 1 amide bonds. The van der Waals surface area contributed by atoms with E-state index in [1.54, 1.807) is 16.8 Å². The molecule has 1 N–H and O–H groups in total. The quantitative estimate of drug-likeness (QED) is 0.231. The van der Waals surface area contributed by atoms with Crippen LogP contribution < -0.4 is 0 Å². The molecule has 0 spiro atoms. The van der Waals surface area contributed by atoms with E-state index in [4.69, 9.17) is 4.74 Å². The van der Waals surface area contributed by atoms with E-state index >= 15 is 0 Å². The van der Waals surface area contributed by atoms with Gasteiger partial charge in [0, 0.05) is 15.7 Å². The maximum absolute atomic E-state index is 12.9. The van der Waals surface area contributed by atoms with Gasteiger partial charge in [-0.2, -0.15) is 11.3 Å². The van der Waals surface area contributed by atoms with Crippen LogP contribution in [0.2, 0.25) is 0 Å². The summed E-state index contributed by atoms with van der Waals surface area (Å²) in [6.45, 7) is 7.24. The second-order valence-corrected chi connectivity index (χ2v) is 10.5. The number of fused-ring (bicyclic) bond motifs is 1. The van der Waals surface area contributed by atoms with Crippen molar-refractivity contribution in [3.05, 3.63) is 35.0 Å². The number of thioether (sulfide) groups is 1. The summed E-state index contributed by atoms with van der Waals surface area (Å²) in [5.41, 5.74) is 0.358. The number of Topliss-reactive ketones (excluding diaryl/α,β-unsaturated/α-hetero) is 1. The number of rotatable bonds is 6. The SMILES string of the molecule is C=CCOC(=O)[C@@H]1N2C(=O)[C@@](Br)([C@H](O)C(=O)c3ccsc3)[C@H]2SC1(C)C. The second-order valence-electron chi connectivity index (χ2n) is 6.65. The Morgan fingerprint density at radius 1 is 1.54 bits per heavy atom. The molecule has 0 radical (unpaired) electrons. The van der Waals surface area contributed by atoms with Crippen LogP contribution in [0.1, 0.15) is 24.2 Å². The first-order valence-corrected chi connectivity index (χ1v) is 10.5. The van der Waals surface area contributed by atoms with Crippen molar-refractivity contribution in [3.63, 3.8) is 0 Å². The van der Waals surface area contributed by atoms with Gasteiger partial charge < -0.3 is 14.7 Å². The van der Waals surface area contributed by atoms with Gasteiger partial charge in [-0.25, -0.2) is 4.79 Å². The topological polar surface area (TPSA) is 83.9 Å². The molecule has 0 bridgehead atoms. The highest BCUT2D eigenvalue weighted by atomic mass is 79.9. The van der Waals surface area contributed by atoms with Crippen molar-refractivity contribution in [2.75, 3.05) is 6.61 Å². The lowest BCUT2D eigenvalue weighted by atomic mass is 9.85. The first-order chi connectivity index (χ1) is 12.2. The highest BCUT2D eigenvalue weighted by Crippen LogP contribution is 2.59. The molecule has 2 saturated heterocycles. The monoisotopic (exact) mass is 459 g/mol. The molecule has 2 aliphatic rings. The van der Waals surface area contributed by atoms with E-state index in [1.165, 1.54) is 34.1 Å². The minimum Gasteiger partial charge on any atom is -0.460 e. The fraction of sp³-hybridized carbons (Fsp3) is 0.471. The largest absolute Gasteiger partial charge is 0.460 e. The van der Waals surface area contributed by atoms with Crippen LogP contribution in [0, 0.1) is 0 Å². The van der Waals surface area contributed by atoms with Crippen molar-refractivity contribution < 1.29 is 24.2 Å². The van der Waals surface area contributed by atoms with Crippen molar-refractivity contribution in [1.29, 1.82) is 0 Å². The third-order valence-corrected chi connectivity index (χ3v) is 8.39. The molecule has 26 heavy (non-hydrogen) atoms. The van der Waals surface area contributed by atoms with Gasteiger partial charge in [-0.15, -0.1) is 11.8 Å². The van der Waals surface area contributed by atoms with Gasteiger partial charge in [0.1, 0.15) is 24.1 Å². The molecular formula is C17H18BrNO5S2. The molecule has 0 aromatic carbocycles. The van der Waals surface area contributed by atoms with E-state index in [1.807, 2.05) is 13.8 Å². The number of esters is 1. The molecule has 9 heteroatoms. The van der Waals surface area contributed by atoms with Crippen molar-refractivity contribution >= 4 is 56.7 Å². The van der Waals surface area contributed by atoms with Gasteiger partial charge in [0.25, 0.3) is 0 Å². The number of carbonyl (C=O) groups excluding carboxylic acids is 3. The normalized spacial score (nSPS) is 30.3. The number of thiophene rings is 1. The number of alkyl halides is 1. The molecular weight excluding hydrogens is 442 g/mol. The van der Waals surface area contributed by atoms with Crippen molar-refractivity contribution in [3.8, 4) is 0 Å². The van der Waals surface area contributed by atoms with E-state index in [-0.39, 0.29) is 6.61 Å². The van der Waals surface area contributed by atoms with Crippen molar-refractivity contribution in [2.45, 2.75) is 40.4 Å². The summed E-state index contributed by atoms with van der Waals surface area (Å²) in [6.07, 6.45) is -0.0856. The van der Waals surface area contributed by atoms with Crippen LogP contribution in [-0.4, -0.2) is 60.9 Å². The summed E-state index contributed by atoms with van der Waals surface area (Å²) in [5, 5.41) is 13.4. The average molecular weight is 460 g/mol. The van der Waals surface area contributed by atoms with Crippen LogP contribution in [0.4, 0.5) is 0 Å². The van der Waals surface area contributed by atoms with Crippen molar-refractivity contribution in [2.24, 2.45) is 0 Å². The number of aliphatic hydroxyl groups is 1.